The Morgan fingerprint density at radius 2 is 2.25 bits per heavy atom. The van der Waals surface area contributed by atoms with Crippen molar-refractivity contribution in [3.63, 3.8) is 0 Å². The van der Waals surface area contributed by atoms with Gasteiger partial charge >= 0.3 is 0 Å². The van der Waals surface area contributed by atoms with Gasteiger partial charge in [0, 0.05) is 38.5 Å². The third-order valence-corrected chi connectivity index (χ3v) is 4.98. The SMILES string of the molecule is CCNC(=NCC(=O)N1CCCc2ccccc21)NCCCOC1CCOC1. The minimum absolute atomic E-state index is 0.0360. The lowest BCUT2D eigenvalue weighted by atomic mass is 10.0. The summed E-state index contributed by atoms with van der Waals surface area (Å²) >= 11 is 0. The van der Waals surface area contributed by atoms with Crippen molar-refractivity contribution in [2.45, 2.75) is 38.7 Å². The van der Waals surface area contributed by atoms with Crippen molar-refractivity contribution in [2.24, 2.45) is 4.99 Å². The Bertz CT molecular complexity index is 659. The van der Waals surface area contributed by atoms with E-state index in [-0.39, 0.29) is 18.6 Å². The van der Waals surface area contributed by atoms with E-state index in [1.165, 1.54) is 5.56 Å². The van der Waals surface area contributed by atoms with E-state index in [1.54, 1.807) is 0 Å². The van der Waals surface area contributed by atoms with E-state index in [2.05, 4.69) is 21.7 Å². The first kappa shape index (κ1) is 20.6. The number of carbonyl (C=O) groups excluding carboxylic acids is 1. The van der Waals surface area contributed by atoms with Crippen LogP contribution in [0.1, 0.15) is 31.7 Å². The van der Waals surface area contributed by atoms with Crippen molar-refractivity contribution in [1.29, 1.82) is 0 Å². The van der Waals surface area contributed by atoms with Crippen LogP contribution in [0.25, 0.3) is 0 Å². The first-order valence-electron chi connectivity index (χ1n) is 10.4. The first-order chi connectivity index (χ1) is 13.8. The number of fused-ring (bicyclic) bond motifs is 1. The van der Waals surface area contributed by atoms with Crippen LogP contribution in [0.4, 0.5) is 5.69 Å². The number of nitrogens with one attached hydrogen (secondary N) is 2. The second-order valence-corrected chi connectivity index (χ2v) is 7.11. The highest BCUT2D eigenvalue weighted by atomic mass is 16.5. The van der Waals surface area contributed by atoms with E-state index < -0.39 is 0 Å². The Morgan fingerprint density at radius 3 is 3.07 bits per heavy atom. The number of hydrogen-bond donors (Lipinski definition) is 2. The number of para-hydroxylation sites is 1. The molecular formula is C21H32N4O3. The predicted octanol–water partition coefficient (Wildman–Crippen LogP) is 1.72. The minimum Gasteiger partial charge on any atom is -0.379 e. The molecule has 0 aliphatic carbocycles. The van der Waals surface area contributed by atoms with Crippen LogP contribution in [0.3, 0.4) is 0 Å². The average molecular weight is 389 g/mol. The van der Waals surface area contributed by atoms with Gasteiger partial charge in [-0.1, -0.05) is 18.2 Å². The van der Waals surface area contributed by atoms with Gasteiger partial charge in [0.05, 0.1) is 12.7 Å². The van der Waals surface area contributed by atoms with Crippen LogP contribution in [0.5, 0.6) is 0 Å². The zero-order valence-corrected chi connectivity index (χ0v) is 16.8. The lowest BCUT2D eigenvalue weighted by molar-refractivity contribution is -0.117. The number of aliphatic imine (C=N–C) groups is 1. The number of guanidine groups is 1. The zero-order valence-electron chi connectivity index (χ0n) is 16.8. The Kier molecular flexibility index (Phi) is 8.11. The summed E-state index contributed by atoms with van der Waals surface area (Å²) < 4.78 is 11.1. The lowest BCUT2D eigenvalue weighted by Gasteiger charge is -2.29. The summed E-state index contributed by atoms with van der Waals surface area (Å²) in [5.41, 5.74) is 2.27. The maximum absolute atomic E-state index is 12.7. The molecule has 1 aromatic carbocycles. The maximum Gasteiger partial charge on any atom is 0.248 e. The Labute approximate surface area is 167 Å². The van der Waals surface area contributed by atoms with Gasteiger partial charge in [0.2, 0.25) is 5.91 Å². The van der Waals surface area contributed by atoms with Gasteiger partial charge in [0.25, 0.3) is 0 Å². The molecule has 0 aromatic heterocycles. The quantitative estimate of drug-likeness (QED) is 0.403. The largest absolute Gasteiger partial charge is 0.379 e. The number of nitrogens with zero attached hydrogens (tertiary/aromatic N) is 2. The highest BCUT2D eigenvalue weighted by molar-refractivity contribution is 5.97. The number of rotatable bonds is 8. The molecule has 2 aliphatic heterocycles. The van der Waals surface area contributed by atoms with Crippen LogP contribution in [0, 0.1) is 0 Å². The summed E-state index contributed by atoms with van der Waals surface area (Å²) in [5.74, 6) is 0.708. The summed E-state index contributed by atoms with van der Waals surface area (Å²) in [4.78, 5) is 19.1. The smallest absolute Gasteiger partial charge is 0.248 e. The molecule has 0 bridgehead atoms. The molecule has 2 heterocycles. The Balaban J connectivity index is 1.45. The Morgan fingerprint density at radius 1 is 1.36 bits per heavy atom. The van der Waals surface area contributed by atoms with Gasteiger partial charge in [-0.25, -0.2) is 4.99 Å². The molecule has 0 spiro atoms. The van der Waals surface area contributed by atoms with Crippen molar-refractivity contribution in [3.05, 3.63) is 29.8 Å². The molecule has 1 aromatic rings. The van der Waals surface area contributed by atoms with Gasteiger partial charge in [0.1, 0.15) is 6.54 Å². The van der Waals surface area contributed by atoms with Crippen molar-refractivity contribution in [3.8, 4) is 0 Å². The number of anilines is 1. The molecule has 1 atom stereocenters. The molecule has 0 radical (unpaired) electrons. The van der Waals surface area contributed by atoms with Crippen LogP contribution < -0.4 is 15.5 Å². The molecule has 28 heavy (non-hydrogen) atoms. The van der Waals surface area contributed by atoms with E-state index in [0.717, 1.165) is 57.6 Å². The van der Waals surface area contributed by atoms with Crippen molar-refractivity contribution in [1.82, 2.24) is 10.6 Å². The number of carbonyl (C=O) groups is 1. The van der Waals surface area contributed by atoms with Gasteiger partial charge < -0.3 is 25.0 Å². The minimum atomic E-state index is 0.0360. The van der Waals surface area contributed by atoms with Gasteiger partial charge in [0.15, 0.2) is 5.96 Å². The number of amides is 1. The molecule has 0 saturated carbocycles. The predicted molar refractivity (Wildman–Crippen MR) is 111 cm³/mol. The van der Waals surface area contributed by atoms with E-state index in [0.29, 0.717) is 19.2 Å². The lowest BCUT2D eigenvalue weighted by Crippen LogP contribution is -2.41. The third-order valence-electron chi connectivity index (χ3n) is 4.98. The second kappa shape index (κ2) is 11.0. The van der Waals surface area contributed by atoms with E-state index in [9.17, 15) is 4.79 Å². The van der Waals surface area contributed by atoms with E-state index in [1.807, 2.05) is 30.0 Å². The molecule has 1 fully saturated rings. The van der Waals surface area contributed by atoms with E-state index in [4.69, 9.17) is 9.47 Å². The van der Waals surface area contributed by atoms with Gasteiger partial charge in [-0.3, -0.25) is 4.79 Å². The van der Waals surface area contributed by atoms with Gasteiger partial charge in [-0.15, -0.1) is 0 Å². The fourth-order valence-electron chi connectivity index (χ4n) is 3.54. The number of ether oxygens (including phenoxy) is 2. The van der Waals surface area contributed by atoms with Gasteiger partial charge in [-0.2, -0.15) is 0 Å². The molecular weight excluding hydrogens is 356 g/mol. The van der Waals surface area contributed by atoms with Crippen LogP contribution in [-0.4, -0.2) is 64.0 Å². The number of aryl methyl sites for hydroxylation is 1. The molecule has 1 saturated heterocycles. The highest BCUT2D eigenvalue weighted by Crippen LogP contribution is 2.26. The van der Waals surface area contributed by atoms with Crippen molar-refractivity contribution >= 4 is 17.6 Å². The summed E-state index contributed by atoms with van der Waals surface area (Å²) in [5, 5.41) is 6.48. The van der Waals surface area contributed by atoms with Crippen LogP contribution >= 0.6 is 0 Å². The molecule has 7 heteroatoms. The fourth-order valence-corrected chi connectivity index (χ4v) is 3.54. The summed E-state index contributed by atoms with van der Waals surface area (Å²) in [6, 6.07) is 8.14. The normalized spacial score (nSPS) is 19.4. The number of hydrogen-bond acceptors (Lipinski definition) is 4. The van der Waals surface area contributed by atoms with Crippen LogP contribution in [-0.2, 0) is 20.7 Å². The highest BCUT2D eigenvalue weighted by Gasteiger charge is 2.21. The average Bonchev–Trinajstić information content (AvgIpc) is 3.24. The molecule has 2 N–H and O–H groups in total. The number of benzene rings is 1. The summed E-state index contributed by atoms with van der Waals surface area (Å²) in [7, 11) is 0. The monoisotopic (exact) mass is 388 g/mol. The maximum atomic E-state index is 12.7. The first-order valence-corrected chi connectivity index (χ1v) is 10.4. The Hall–Kier alpha value is -2.12. The standard InChI is InChI=1S/C21H32N4O3/c1-2-22-21(23-11-6-13-28-18-10-14-27-16-18)24-15-20(26)25-12-5-8-17-7-3-4-9-19(17)25/h3-4,7,9,18H,2,5-6,8,10-16H2,1H3,(H2,22,23,24). The topological polar surface area (TPSA) is 75.2 Å². The van der Waals surface area contributed by atoms with Crippen LogP contribution in [0.15, 0.2) is 29.3 Å². The molecule has 2 aliphatic rings. The second-order valence-electron chi connectivity index (χ2n) is 7.11. The fraction of sp³-hybridized carbons (Fsp3) is 0.619. The summed E-state index contributed by atoms with van der Waals surface area (Å²) in [6.07, 6.45) is 4.14. The van der Waals surface area contributed by atoms with Crippen LogP contribution in [0.2, 0.25) is 0 Å². The molecule has 1 amide bonds. The zero-order chi connectivity index (χ0) is 19.6. The molecule has 3 rings (SSSR count). The van der Waals surface area contributed by atoms with E-state index >= 15 is 0 Å². The summed E-state index contributed by atoms with van der Waals surface area (Å²) in [6.45, 7) is 6.63. The molecule has 7 nitrogen and oxygen atoms in total. The van der Waals surface area contributed by atoms with Crippen molar-refractivity contribution < 1.29 is 14.3 Å². The molecule has 1 unspecified atom stereocenters. The third kappa shape index (κ3) is 5.94. The van der Waals surface area contributed by atoms with Gasteiger partial charge in [-0.05, 0) is 44.2 Å². The van der Waals surface area contributed by atoms with Crippen molar-refractivity contribution in [2.75, 3.05) is 50.9 Å². The molecule has 154 valence electrons.